The Bertz CT molecular complexity index is 801. The SMILES string of the molecule is COC(=O)C(Cc1ccc(CC2CCCCCN2)s1)NC(=O)OCc1ccccc1. The summed E-state index contributed by atoms with van der Waals surface area (Å²) in [7, 11) is 1.32. The van der Waals surface area contributed by atoms with Gasteiger partial charge >= 0.3 is 12.1 Å². The van der Waals surface area contributed by atoms with Crippen LogP contribution in [0.15, 0.2) is 42.5 Å². The maximum atomic E-state index is 12.2. The van der Waals surface area contributed by atoms with Crippen LogP contribution in [-0.4, -0.2) is 37.8 Å². The van der Waals surface area contributed by atoms with E-state index in [2.05, 4.69) is 16.7 Å². The van der Waals surface area contributed by atoms with E-state index < -0.39 is 18.1 Å². The third-order valence-corrected chi connectivity index (χ3v) is 6.35. The number of alkyl carbamates (subject to hydrolysis) is 1. The summed E-state index contributed by atoms with van der Waals surface area (Å²) in [6, 6.07) is 13.3. The molecule has 7 heteroatoms. The van der Waals surface area contributed by atoms with Gasteiger partial charge in [0.25, 0.3) is 0 Å². The molecule has 0 aliphatic carbocycles. The van der Waals surface area contributed by atoms with Crippen molar-refractivity contribution in [2.75, 3.05) is 13.7 Å². The minimum atomic E-state index is -0.777. The molecule has 2 unspecified atom stereocenters. The molecule has 0 spiro atoms. The van der Waals surface area contributed by atoms with Crippen molar-refractivity contribution in [3.8, 4) is 0 Å². The average Bonchev–Trinajstić information content (AvgIpc) is 3.04. The van der Waals surface area contributed by atoms with E-state index in [9.17, 15) is 9.59 Å². The summed E-state index contributed by atoms with van der Waals surface area (Å²) in [5.41, 5.74) is 0.886. The van der Waals surface area contributed by atoms with E-state index in [4.69, 9.17) is 9.47 Å². The lowest BCUT2D eigenvalue weighted by atomic mass is 10.1. The van der Waals surface area contributed by atoms with Crippen molar-refractivity contribution >= 4 is 23.4 Å². The molecule has 162 valence electrons. The van der Waals surface area contributed by atoms with Gasteiger partial charge in [-0.25, -0.2) is 9.59 Å². The van der Waals surface area contributed by atoms with Crippen LogP contribution in [-0.2, 0) is 33.7 Å². The minimum Gasteiger partial charge on any atom is -0.467 e. The summed E-state index contributed by atoms with van der Waals surface area (Å²) in [6.07, 6.45) is 5.78. The van der Waals surface area contributed by atoms with E-state index in [0.29, 0.717) is 12.5 Å². The zero-order valence-corrected chi connectivity index (χ0v) is 18.2. The number of nitrogens with one attached hydrogen (secondary N) is 2. The molecule has 1 aromatic heterocycles. The lowest BCUT2D eigenvalue weighted by Crippen LogP contribution is -2.43. The number of hydrogen-bond acceptors (Lipinski definition) is 6. The number of benzene rings is 1. The minimum absolute atomic E-state index is 0.151. The van der Waals surface area contributed by atoms with E-state index in [1.54, 1.807) is 11.3 Å². The number of ether oxygens (including phenoxy) is 2. The molecular weight excluding hydrogens is 400 g/mol. The Hall–Kier alpha value is -2.38. The fourth-order valence-corrected chi connectivity index (χ4v) is 4.75. The number of methoxy groups -OCH3 is 1. The highest BCUT2D eigenvalue weighted by Crippen LogP contribution is 2.22. The number of carbonyl (C=O) groups excluding carboxylic acids is 2. The van der Waals surface area contributed by atoms with E-state index in [-0.39, 0.29) is 6.61 Å². The first-order valence-electron chi connectivity index (χ1n) is 10.5. The molecule has 2 N–H and O–H groups in total. The molecule has 2 heterocycles. The normalized spacial score (nSPS) is 17.6. The van der Waals surface area contributed by atoms with Gasteiger partial charge < -0.3 is 20.1 Å². The van der Waals surface area contributed by atoms with Crippen molar-refractivity contribution in [3.63, 3.8) is 0 Å². The number of thiophene rings is 1. The van der Waals surface area contributed by atoms with Crippen molar-refractivity contribution in [2.24, 2.45) is 0 Å². The average molecular weight is 431 g/mol. The van der Waals surface area contributed by atoms with Crippen molar-refractivity contribution < 1.29 is 19.1 Å². The van der Waals surface area contributed by atoms with Gasteiger partial charge in [-0.1, -0.05) is 43.2 Å². The van der Waals surface area contributed by atoms with Crippen molar-refractivity contribution in [2.45, 2.75) is 57.2 Å². The molecule has 1 amide bonds. The van der Waals surface area contributed by atoms with E-state index in [1.165, 1.54) is 37.7 Å². The molecule has 2 atom stereocenters. The summed E-state index contributed by atoms with van der Waals surface area (Å²) in [4.78, 5) is 26.7. The van der Waals surface area contributed by atoms with Crippen molar-refractivity contribution in [1.29, 1.82) is 0 Å². The number of amides is 1. The molecule has 1 fully saturated rings. The molecule has 1 aromatic carbocycles. The molecule has 30 heavy (non-hydrogen) atoms. The van der Waals surface area contributed by atoms with Crippen molar-refractivity contribution in [1.82, 2.24) is 10.6 Å². The van der Waals surface area contributed by atoms with Crippen LogP contribution in [0.25, 0.3) is 0 Å². The van der Waals surface area contributed by atoms with Gasteiger partial charge in [-0.15, -0.1) is 11.3 Å². The summed E-state index contributed by atoms with van der Waals surface area (Å²) >= 11 is 1.69. The summed E-state index contributed by atoms with van der Waals surface area (Å²) in [5, 5.41) is 6.26. The second-order valence-electron chi connectivity index (χ2n) is 7.56. The van der Waals surface area contributed by atoms with Gasteiger partial charge in [0.2, 0.25) is 0 Å². The molecular formula is C23H30N2O4S. The molecule has 1 aliphatic heterocycles. The molecule has 0 bridgehead atoms. The van der Waals surface area contributed by atoms with Gasteiger partial charge in [0.15, 0.2) is 0 Å². The first-order chi connectivity index (χ1) is 14.6. The first-order valence-corrected chi connectivity index (χ1v) is 11.3. The molecule has 2 aromatic rings. The zero-order chi connectivity index (χ0) is 21.2. The van der Waals surface area contributed by atoms with Gasteiger partial charge in [-0.2, -0.15) is 0 Å². The van der Waals surface area contributed by atoms with Crippen molar-refractivity contribution in [3.05, 3.63) is 57.8 Å². The Kier molecular flexibility index (Phi) is 8.71. The largest absolute Gasteiger partial charge is 0.467 e. The fourth-order valence-electron chi connectivity index (χ4n) is 3.60. The fraction of sp³-hybridized carbons (Fsp3) is 0.478. The molecule has 1 saturated heterocycles. The number of hydrogen-bond donors (Lipinski definition) is 2. The molecule has 1 aliphatic rings. The van der Waals surface area contributed by atoms with Gasteiger partial charge in [-0.05, 0) is 43.5 Å². The van der Waals surface area contributed by atoms with Crippen LogP contribution in [0, 0.1) is 0 Å². The van der Waals surface area contributed by atoms with E-state index in [0.717, 1.165) is 23.4 Å². The van der Waals surface area contributed by atoms with Crippen LogP contribution in [0.5, 0.6) is 0 Å². The Balaban J connectivity index is 1.53. The van der Waals surface area contributed by atoms with E-state index >= 15 is 0 Å². The predicted molar refractivity (Wildman–Crippen MR) is 118 cm³/mol. The smallest absolute Gasteiger partial charge is 0.408 e. The lowest BCUT2D eigenvalue weighted by Gasteiger charge is -2.16. The Labute approximate surface area is 182 Å². The van der Waals surface area contributed by atoms with Gasteiger partial charge in [0.05, 0.1) is 7.11 Å². The second kappa shape index (κ2) is 11.7. The zero-order valence-electron chi connectivity index (χ0n) is 17.4. The molecule has 0 saturated carbocycles. The maximum Gasteiger partial charge on any atom is 0.408 e. The van der Waals surface area contributed by atoms with Gasteiger partial charge in [0, 0.05) is 22.2 Å². The number of carbonyl (C=O) groups is 2. The van der Waals surface area contributed by atoms with Crippen LogP contribution in [0.2, 0.25) is 0 Å². The third kappa shape index (κ3) is 7.15. The molecule has 6 nitrogen and oxygen atoms in total. The van der Waals surface area contributed by atoms with Crippen LogP contribution in [0.3, 0.4) is 0 Å². The summed E-state index contributed by atoms with van der Waals surface area (Å²) in [6.45, 7) is 1.24. The van der Waals surface area contributed by atoms with E-state index in [1.807, 2.05) is 36.4 Å². The molecule has 3 rings (SSSR count). The first kappa shape index (κ1) is 22.3. The van der Waals surface area contributed by atoms with Crippen LogP contribution >= 0.6 is 11.3 Å². The van der Waals surface area contributed by atoms with Crippen LogP contribution in [0.4, 0.5) is 4.79 Å². The van der Waals surface area contributed by atoms with Gasteiger partial charge in [0.1, 0.15) is 12.6 Å². The number of esters is 1. The van der Waals surface area contributed by atoms with Crippen LogP contribution in [0.1, 0.15) is 41.0 Å². The second-order valence-corrected chi connectivity index (χ2v) is 8.81. The monoisotopic (exact) mass is 430 g/mol. The lowest BCUT2D eigenvalue weighted by molar-refractivity contribution is -0.142. The summed E-state index contributed by atoms with van der Waals surface area (Å²) in [5.74, 6) is -0.480. The maximum absolute atomic E-state index is 12.2. The highest BCUT2D eigenvalue weighted by atomic mass is 32.1. The summed E-state index contributed by atoms with van der Waals surface area (Å²) < 4.78 is 10.1. The highest BCUT2D eigenvalue weighted by molar-refractivity contribution is 7.12. The Morgan fingerprint density at radius 3 is 2.73 bits per heavy atom. The quantitative estimate of drug-likeness (QED) is 0.623. The Morgan fingerprint density at radius 1 is 1.13 bits per heavy atom. The highest BCUT2D eigenvalue weighted by Gasteiger charge is 2.24. The molecule has 0 radical (unpaired) electrons. The van der Waals surface area contributed by atoms with Crippen LogP contribution < -0.4 is 10.6 Å². The number of rotatable bonds is 8. The topological polar surface area (TPSA) is 76.7 Å². The standard InChI is InChI=1S/C23H30N2O4S/c1-28-22(26)21(25-23(27)29-16-17-8-4-2-5-9-17)15-20-12-11-19(30-20)14-18-10-6-3-7-13-24-18/h2,4-5,8-9,11-12,18,21,24H,3,6-7,10,13-16H2,1H3,(H,25,27). The van der Waals surface area contributed by atoms with Gasteiger partial charge in [-0.3, -0.25) is 0 Å². The third-order valence-electron chi connectivity index (χ3n) is 5.22. The predicted octanol–water partition coefficient (Wildman–Crippen LogP) is 3.83. The Morgan fingerprint density at radius 2 is 1.93 bits per heavy atom.